The molecule has 3 rings (SSSR count). The quantitative estimate of drug-likeness (QED) is 0.928. The predicted octanol–water partition coefficient (Wildman–Crippen LogP) is 2.46. The number of hydrogen-bond donors (Lipinski definition) is 1. The largest absolute Gasteiger partial charge is 0.376 e. The van der Waals surface area contributed by atoms with Crippen molar-refractivity contribution in [1.82, 2.24) is 4.90 Å². The molecule has 0 radical (unpaired) electrons. The minimum atomic E-state index is -0.148. The lowest BCUT2D eigenvalue weighted by Crippen LogP contribution is -2.37. The number of anilines is 2. The second-order valence-electron chi connectivity index (χ2n) is 6.14. The van der Waals surface area contributed by atoms with Gasteiger partial charge in [-0.25, -0.2) is 4.79 Å². The number of urea groups is 1. The lowest BCUT2D eigenvalue weighted by Gasteiger charge is -2.21. The lowest BCUT2D eigenvalue weighted by atomic mass is 10.2. The second-order valence-corrected chi connectivity index (χ2v) is 6.14. The first kappa shape index (κ1) is 15.8. The van der Waals surface area contributed by atoms with Crippen LogP contribution in [0.3, 0.4) is 0 Å². The van der Waals surface area contributed by atoms with Crippen LogP contribution in [0.4, 0.5) is 16.2 Å². The normalized spacial score (nSPS) is 20.8. The van der Waals surface area contributed by atoms with Gasteiger partial charge in [-0.2, -0.15) is 0 Å². The zero-order valence-electron chi connectivity index (χ0n) is 13.5. The van der Waals surface area contributed by atoms with E-state index in [1.165, 1.54) is 0 Å². The minimum absolute atomic E-state index is 0.148. The van der Waals surface area contributed by atoms with Crippen molar-refractivity contribution in [1.29, 1.82) is 0 Å². The first-order chi connectivity index (χ1) is 11.1. The number of nitrogens with zero attached hydrogens (tertiary/aromatic N) is 2. The van der Waals surface area contributed by atoms with Crippen molar-refractivity contribution in [2.24, 2.45) is 0 Å². The summed E-state index contributed by atoms with van der Waals surface area (Å²) in [6, 6.07) is 7.26. The average molecular weight is 317 g/mol. The Hall–Kier alpha value is -2.08. The fraction of sp³-hybridized carbons (Fsp3) is 0.529. The molecule has 2 heterocycles. The van der Waals surface area contributed by atoms with Crippen molar-refractivity contribution >= 4 is 23.3 Å². The number of likely N-dealkylation sites (N-methyl/N-ethyl adjacent to an activating group) is 1. The zero-order valence-corrected chi connectivity index (χ0v) is 13.5. The van der Waals surface area contributed by atoms with Crippen molar-refractivity contribution in [3.05, 3.63) is 24.3 Å². The van der Waals surface area contributed by atoms with E-state index in [1.807, 2.05) is 24.3 Å². The molecule has 6 nitrogen and oxygen atoms in total. The number of benzene rings is 1. The third-order valence-corrected chi connectivity index (χ3v) is 4.35. The molecular formula is C17H23N3O3. The van der Waals surface area contributed by atoms with Gasteiger partial charge in [0.25, 0.3) is 0 Å². The molecule has 2 fully saturated rings. The zero-order chi connectivity index (χ0) is 16.2. The van der Waals surface area contributed by atoms with E-state index in [0.717, 1.165) is 43.8 Å². The smallest absolute Gasteiger partial charge is 0.321 e. The van der Waals surface area contributed by atoms with Crippen LogP contribution in [0.25, 0.3) is 0 Å². The van der Waals surface area contributed by atoms with Gasteiger partial charge >= 0.3 is 6.03 Å². The maximum absolute atomic E-state index is 12.2. The van der Waals surface area contributed by atoms with Gasteiger partial charge in [0.05, 0.1) is 6.10 Å². The van der Waals surface area contributed by atoms with Crippen molar-refractivity contribution in [2.75, 3.05) is 37.0 Å². The Kier molecular flexibility index (Phi) is 4.81. The summed E-state index contributed by atoms with van der Waals surface area (Å²) >= 11 is 0. The average Bonchev–Trinajstić information content (AvgIpc) is 3.19. The van der Waals surface area contributed by atoms with Crippen LogP contribution in [-0.2, 0) is 9.53 Å². The third-order valence-electron chi connectivity index (χ3n) is 4.35. The van der Waals surface area contributed by atoms with Crippen LogP contribution >= 0.6 is 0 Å². The molecule has 1 atom stereocenters. The van der Waals surface area contributed by atoms with Gasteiger partial charge in [0.1, 0.15) is 0 Å². The number of amides is 3. The molecule has 0 aromatic heterocycles. The van der Waals surface area contributed by atoms with Gasteiger partial charge in [0.2, 0.25) is 5.91 Å². The Labute approximate surface area is 136 Å². The third kappa shape index (κ3) is 3.82. The number of nitrogens with one attached hydrogen (secondary N) is 1. The van der Waals surface area contributed by atoms with Gasteiger partial charge in [-0.3, -0.25) is 4.79 Å². The molecule has 6 heteroatoms. The molecule has 0 saturated carbocycles. The van der Waals surface area contributed by atoms with E-state index in [-0.39, 0.29) is 18.0 Å². The molecule has 0 unspecified atom stereocenters. The van der Waals surface area contributed by atoms with Crippen LogP contribution in [0.2, 0.25) is 0 Å². The van der Waals surface area contributed by atoms with E-state index in [4.69, 9.17) is 4.74 Å². The number of carbonyl (C=O) groups excluding carboxylic acids is 2. The molecule has 2 aliphatic rings. The number of hydrogen-bond acceptors (Lipinski definition) is 3. The Bertz CT molecular complexity index is 567. The highest BCUT2D eigenvalue weighted by Crippen LogP contribution is 2.23. The summed E-state index contributed by atoms with van der Waals surface area (Å²) in [4.78, 5) is 27.4. The predicted molar refractivity (Wildman–Crippen MR) is 88.7 cm³/mol. The van der Waals surface area contributed by atoms with Crippen LogP contribution in [0.5, 0.6) is 0 Å². The van der Waals surface area contributed by atoms with E-state index in [2.05, 4.69) is 5.32 Å². The molecule has 1 N–H and O–H groups in total. The molecule has 0 bridgehead atoms. The summed E-state index contributed by atoms with van der Waals surface area (Å²) in [7, 11) is 1.77. The molecule has 1 aromatic rings. The van der Waals surface area contributed by atoms with E-state index < -0.39 is 0 Å². The summed E-state index contributed by atoms with van der Waals surface area (Å²) < 4.78 is 5.55. The standard InChI is InChI=1S/C17H23N3O3/c1-19(12-15-4-3-11-23-15)17(22)18-13-6-8-14(9-7-13)20-10-2-5-16(20)21/h6-9,15H,2-5,10-12H2,1H3,(H,18,22)/t15-/m1/s1. The lowest BCUT2D eigenvalue weighted by molar-refractivity contribution is -0.117. The highest BCUT2D eigenvalue weighted by Gasteiger charge is 2.22. The Balaban J connectivity index is 1.54. The Morgan fingerprint density at radius 2 is 2.13 bits per heavy atom. The fourth-order valence-corrected chi connectivity index (χ4v) is 3.04. The molecule has 124 valence electrons. The number of rotatable bonds is 4. The maximum Gasteiger partial charge on any atom is 0.321 e. The van der Waals surface area contributed by atoms with E-state index in [0.29, 0.717) is 13.0 Å². The van der Waals surface area contributed by atoms with Gasteiger partial charge in [-0.1, -0.05) is 0 Å². The van der Waals surface area contributed by atoms with E-state index in [9.17, 15) is 9.59 Å². The van der Waals surface area contributed by atoms with Gasteiger partial charge in [-0.05, 0) is 43.5 Å². The van der Waals surface area contributed by atoms with Crippen LogP contribution in [0.1, 0.15) is 25.7 Å². The summed E-state index contributed by atoms with van der Waals surface area (Å²) in [5.41, 5.74) is 1.61. The molecule has 1 aromatic carbocycles. The SMILES string of the molecule is CN(C[C@H]1CCCO1)C(=O)Nc1ccc(N2CCCC2=O)cc1. The van der Waals surface area contributed by atoms with Crippen LogP contribution < -0.4 is 10.2 Å². The van der Waals surface area contributed by atoms with Crippen molar-refractivity contribution < 1.29 is 14.3 Å². The van der Waals surface area contributed by atoms with E-state index in [1.54, 1.807) is 16.8 Å². The monoisotopic (exact) mass is 317 g/mol. The fourth-order valence-electron chi connectivity index (χ4n) is 3.04. The molecular weight excluding hydrogens is 294 g/mol. The first-order valence-corrected chi connectivity index (χ1v) is 8.17. The van der Waals surface area contributed by atoms with Crippen LogP contribution in [0.15, 0.2) is 24.3 Å². The second kappa shape index (κ2) is 7.00. The Morgan fingerprint density at radius 1 is 1.35 bits per heavy atom. The molecule has 2 saturated heterocycles. The topological polar surface area (TPSA) is 61.9 Å². The number of carbonyl (C=O) groups is 2. The van der Waals surface area contributed by atoms with Crippen molar-refractivity contribution in [2.45, 2.75) is 31.8 Å². The molecule has 0 aliphatic carbocycles. The van der Waals surface area contributed by atoms with Crippen molar-refractivity contribution in [3.63, 3.8) is 0 Å². The molecule has 23 heavy (non-hydrogen) atoms. The molecule has 0 spiro atoms. The van der Waals surface area contributed by atoms with Crippen LogP contribution in [-0.4, -0.2) is 49.7 Å². The maximum atomic E-state index is 12.2. The van der Waals surface area contributed by atoms with Gasteiger partial charge in [0.15, 0.2) is 0 Å². The first-order valence-electron chi connectivity index (χ1n) is 8.17. The molecule has 2 aliphatic heterocycles. The van der Waals surface area contributed by atoms with E-state index >= 15 is 0 Å². The highest BCUT2D eigenvalue weighted by atomic mass is 16.5. The Morgan fingerprint density at radius 3 is 2.74 bits per heavy atom. The van der Waals surface area contributed by atoms with Crippen molar-refractivity contribution in [3.8, 4) is 0 Å². The van der Waals surface area contributed by atoms with Crippen LogP contribution in [0, 0.1) is 0 Å². The van der Waals surface area contributed by atoms with Gasteiger partial charge in [0, 0.05) is 44.5 Å². The van der Waals surface area contributed by atoms with Gasteiger partial charge in [-0.15, -0.1) is 0 Å². The summed E-state index contributed by atoms with van der Waals surface area (Å²) in [6.45, 7) is 2.16. The highest BCUT2D eigenvalue weighted by molar-refractivity contribution is 5.96. The van der Waals surface area contributed by atoms with Gasteiger partial charge < -0.3 is 19.9 Å². The summed E-state index contributed by atoms with van der Waals surface area (Å²) in [6.07, 6.45) is 3.75. The summed E-state index contributed by atoms with van der Waals surface area (Å²) in [5.74, 6) is 0.165. The molecule has 3 amide bonds. The minimum Gasteiger partial charge on any atom is -0.376 e. The summed E-state index contributed by atoms with van der Waals surface area (Å²) in [5, 5.41) is 2.87. The number of ether oxygens (including phenoxy) is 1.